The molecule has 0 saturated carbocycles. The molecule has 3 N–H and O–H groups in total. The molecule has 3 atom stereocenters. The first-order valence-corrected chi connectivity index (χ1v) is 6.17. The van der Waals surface area contributed by atoms with Crippen LogP contribution in [0.1, 0.15) is 33.6 Å². The van der Waals surface area contributed by atoms with Gasteiger partial charge in [-0.3, -0.25) is 4.79 Å². The number of amides is 1. The number of carbonyl (C=O) groups excluding carboxylic acids is 1. The first-order chi connectivity index (χ1) is 7.90. The number of carboxylic acid groups (broad SMARTS) is 1. The summed E-state index contributed by atoms with van der Waals surface area (Å²) in [6.07, 6.45) is 1.17. The van der Waals surface area contributed by atoms with Gasteiger partial charge >= 0.3 is 5.97 Å². The van der Waals surface area contributed by atoms with E-state index in [2.05, 4.69) is 10.6 Å². The molecule has 3 unspecified atom stereocenters. The SMILES string of the molecule is CCCC(C)(NC(=O)C1CNCC1C)C(=O)O. The van der Waals surface area contributed by atoms with Gasteiger partial charge in [-0.15, -0.1) is 0 Å². The largest absolute Gasteiger partial charge is 0.480 e. The number of hydrogen-bond acceptors (Lipinski definition) is 3. The zero-order valence-corrected chi connectivity index (χ0v) is 10.7. The van der Waals surface area contributed by atoms with Gasteiger partial charge in [0.25, 0.3) is 0 Å². The number of carboxylic acids is 1. The zero-order valence-electron chi connectivity index (χ0n) is 10.7. The van der Waals surface area contributed by atoms with Crippen LogP contribution in [-0.4, -0.2) is 35.6 Å². The van der Waals surface area contributed by atoms with Crippen LogP contribution < -0.4 is 10.6 Å². The molecule has 0 bridgehead atoms. The molecule has 1 aliphatic heterocycles. The van der Waals surface area contributed by atoms with Crippen LogP contribution in [0.5, 0.6) is 0 Å². The molecule has 0 aromatic rings. The zero-order chi connectivity index (χ0) is 13.1. The van der Waals surface area contributed by atoms with Crippen molar-refractivity contribution in [3.8, 4) is 0 Å². The van der Waals surface area contributed by atoms with Gasteiger partial charge in [0.15, 0.2) is 0 Å². The van der Waals surface area contributed by atoms with Crippen molar-refractivity contribution in [1.29, 1.82) is 0 Å². The van der Waals surface area contributed by atoms with Crippen LogP contribution in [0.3, 0.4) is 0 Å². The quantitative estimate of drug-likeness (QED) is 0.659. The first-order valence-electron chi connectivity index (χ1n) is 6.17. The van der Waals surface area contributed by atoms with E-state index in [1.165, 1.54) is 0 Å². The van der Waals surface area contributed by atoms with Crippen molar-refractivity contribution < 1.29 is 14.7 Å². The van der Waals surface area contributed by atoms with E-state index in [4.69, 9.17) is 0 Å². The number of nitrogens with one attached hydrogen (secondary N) is 2. The van der Waals surface area contributed by atoms with Gasteiger partial charge in [-0.1, -0.05) is 20.3 Å². The Hall–Kier alpha value is -1.10. The van der Waals surface area contributed by atoms with Crippen molar-refractivity contribution in [2.45, 2.75) is 39.2 Å². The number of aliphatic carboxylic acids is 1. The Balaban J connectivity index is 2.67. The molecular formula is C12H22N2O3. The second kappa shape index (κ2) is 5.49. The van der Waals surface area contributed by atoms with Gasteiger partial charge in [0.2, 0.25) is 5.91 Å². The molecule has 0 aliphatic carbocycles. The average Bonchev–Trinajstić information content (AvgIpc) is 2.64. The minimum absolute atomic E-state index is 0.120. The lowest BCUT2D eigenvalue weighted by molar-refractivity contribution is -0.148. The fourth-order valence-electron chi connectivity index (χ4n) is 2.25. The van der Waals surface area contributed by atoms with E-state index in [0.717, 1.165) is 13.0 Å². The van der Waals surface area contributed by atoms with E-state index in [0.29, 0.717) is 13.0 Å². The summed E-state index contributed by atoms with van der Waals surface area (Å²) in [6, 6.07) is 0. The highest BCUT2D eigenvalue weighted by Crippen LogP contribution is 2.19. The molecule has 1 rings (SSSR count). The molecule has 1 aliphatic rings. The molecule has 5 heteroatoms. The van der Waals surface area contributed by atoms with Crippen LogP contribution in [0.25, 0.3) is 0 Å². The average molecular weight is 242 g/mol. The van der Waals surface area contributed by atoms with Crippen LogP contribution in [0.15, 0.2) is 0 Å². The summed E-state index contributed by atoms with van der Waals surface area (Å²) < 4.78 is 0. The third kappa shape index (κ3) is 3.19. The van der Waals surface area contributed by atoms with Crippen LogP contribution in [-0.2, 0) is 9.59 Å². The highest BCUT2D eigenvalue weighted by molar-refractivity contribution is 5.88. The molecule has 0 aromatic carbocycles. The highest BCUT2D eigenvalue weighted by Gasteiger charge is 2.38. The Kier molecular flexibility index (Phi) is 4.51. The van der Waals surface area contributed by atoms with Gasteiger partial charge < -0.3 is 15.7 Å². The molecule has 98 valence electrons. The lowest BCUT2D eigenvalue weighted by Crippen LogP contribution is -2.54. The molecule has 5 nitrogen and oxygen atoms in total. The maximum Gasteiger partial charge on any atom is 0.329 e. The summed E-state index contributed by atoms with van der Waals surface area (Å²) in [5.74, 6) is -0.979. The van der Waals surface area contributed by atoms with Crippen molar-refractivity contribution in [3.05, 3.63) is 0 Å². The Morgan fingerprint density at radius 3 is 2.53 bits per heavy atom. The molecule has 1 amide bonds. The molecule has 0 aromatic heterocycles. The molecule has 0 spiro atoms. The van der Waals surface area contributed by atoms with Crippen LogP contribution in [0.2, 0.25) is 0 Å². The van der Waals surface area contributed by atoms with Gasteiger partial charge in [0.1, 0.15) is 5.54 Å². The van der Waals surface area contributed by atoms with E-state index in [1.54, 1.807) is 6.92 Å². The summed E-state index contributed by atoms with van der Waals surface area (Å²) in [6.45, 7) is 6.93. The van der Waals surface area contributed by atoms with Crippen molar-refractivity contribution >= 4 is 11.9 Å². The van der Waals surface area contributed by atoms with Gasteiger partial charge in [-0.2, -0.15) is 0 Å². The molecule has 1 heterocycles. The predicted molar refractivity (Wildman–Crippen MR) is 64.6 cm³/mol. The maximum atomic E-state index is 12.0. The molecular weight excluding hydrogens is 220 g/mol. The van der Waals surface area contributed by atoms with Crippen molar-refractivity contribution in [3.63, 3.8) is 0 Å². The van der Waals surface area contributed by atoms with Gasteiger partial charge in [-0.25, -0.2) is 4.79 Å². The first kappa shape index (κ1) is 14.0. The van der Waals surface area contributed by atoms with E-state index in [-0.39, 0.29) is 17.7 Å². The van der Waals surface area contributed by atoms with Gasteiger partial charge in [0.05, 0.1) is 5.92 Å². The van der Waals surface area contributed by atoms with Crippen molar-refractivity contribution in [2.75, 3.05) is 13.1 Å². The Bertz CT molecular complexity index is 306. The Morgan fingerprint density at radius 1 is 1.47 bits per heavy atom. The minimum atomic E-state index is -1.14. The fraction of sp³-hybridized carbons (Fsp3) is 0.833. The third-order valence-corrected chi connectivity index (χ3v) is 3.48. The molecule has 17 heavy (non-hydrogen) atoms. The molecule has 1 saturated heterocycles. The second-order valence-corrected chi connectivity index (χ2v) is 5.12. The Labute approximate surface area is 102 Å². The normalized spacial score (nSPS) is 27.5. The smallest absolute Gasteiger partial charge is 0.329 e. The minimum Gasteiger partial charge on any atom is -0.480 e. The molecule has 0 radical (unpaired) electrons. The van der Waals surface area contributed by atoms with E-state index in [9.17, 15) is 14.7 Å². The van der Waals surface area contributed by atoms with Crippen LogP contribution in [0, 0.1) is 11.8 Å². The second-order valence-electron chi connectivity index (χ2n) is 5.12. The fourth-order valence-corrected chi connectivity index (χ4v) is 2.25. The number of rotatable bonds is 5. The van der Waals surface area contributed by atoms with Gasteiger partial charge in [0, 0.05) is 6.54 Å². The predicted octanol–water partition coefficient (Wildman–Crippen LogP) is 0.601. The van der Waals surface area contributed by atoms with Crippen LogP contribution >= 0.6 is 0 Å². The summed E-state index contributed by atoms with van der Waals surface area (Å²) in [5.41, 5.74) is -1.14. The van der Waals surface area contributed by atoms with E-state index in [1.807, 2.05) is 13.8 Å². The number of hydrogen-bond donors (Lipinski definition) is 3. The lowest BCUT2D eigenvalue weighted by atomic mass is 9.92. The third-order valence-electron chi connectivity index (χ3n) is 3.48. The monoisotopic (exact) mass is 242 g/mol. The van der Waals surface area contributed by atoms with E-state index < -0.39 is 11.5 Å². The number of carbonyl (C=O) groups is 2. The summed E-state index contributed by atoms with van der Waals surface area (Å²) in [7, 11) is 0. The highest BCUT2D eigenvalue weighted by atomic mass is 16.4. The topological polar surface area (TPSA) is 78.4 Å². The van der Waals surface area contributed by atoms with Gasteiger partial charge in [-0.05, 0) is 25.8 Å². The lowest BCUT2D eigenvalue weighted by Gasteiger charge is -2.28. The summed E-state index contributed by atoms with van der Waals surface area (Å²) in [5, 5.41) is 15.0. The Morgan fingerprint density at radius 2 is 2.12 bits per heavy atom. The van der Waals surface area contributed by atoms with Crippen LogP contribution in [0.4, 0.5) is 0 Å². The summed E-state index contributed by atoms with van der Waals surface area (Å²) in [4.78, 5) is 23.2. The molecule has 1 fully saturated rings. The van der Waals surface area contributed by atoms with Crippen molar-refractivity contribution in [1.82, 2.24) is 10.6 Å². The standard InChI is InChI=1S/C12H22N2O3/c1-4-5-12(3,11(16)17)14-10(15)9-7-13-6-8(9)2/h8-9,13H,4-7H2,1-3H3,(H,14,15)(H,16,17). The maximum absolute atomic E-state index is 12.0. The summed E-state index contributed by atoms with van der Waals surface area (Å²) >= 11 is 0. The van der Waals surface area contributed by atoms with E-state index >= 15 is 0 Å². The van der Waals surface area contributed by atoms with Crippen molar-refractivity contribution in [2.24, 2.45) is 11.8 Å².